The standard InChI is InChI=1S/C20H19N3O3S2/c1-10-8-13(11(2)21-10)9-15-18(24)23-17(14-6-5-7-27-14)16(19(25)26-4)12(3)22-20(23)28-15/h5-9,17,21H,1-4H3. The van der Waals surface area contributed by atoms with Gasteiger partial charge in [-0.2, -0.15) is 0 Å². The molecule has 0 bridgehead atoms. The van der Waals surface area contributed by atoms with Gasteiger partial charge in [0.15, 0.2) is 4.80 Å². The van der Waals surface area contributed by atoms with Crippen LogP contribution in [0.15, 0.2) is 44.6 Å². The topological polar surface area (TPSA) is 76.4 Å². The molecule has 0 saturated heterocycles. The highest BCUT2D eigenvalue weighted by molar-refractivity contribution is 7.10. The number of allylic oxidation sites excluding steroid dienone is 1. The fourth-order valence-corrected chi connectivity index (χ4v) is 5.31. The number of hydrogen-bond donors (Lipinski definition) is 1. The smallest absolute Gasteiger partial charge is 0.338 e. The second kappa shape index (κ2) is 7.03. The molecule has 0 aromatic carbocycles. The molecule has 1 N–H and O–H groups in total. The first-order chi connectivity index (χ1) is 13.4. The number of nitrogens with zero attached hydrogens (tertiary/aromatic N) is 2. The number of ether oxygens (including phenoxy) is 1. The van der Waals surface area contributed by atoms with Crippen molar-refractivity contribution in [3.8, 4) is 0 Å². The molecular formula is C20H19N3O3S2. The Morgan fingerprint density at radius 3 is 2.75 bits per heavy atom. The van der Waals surface area contributed by atoms with Gasteiger partial charge in [-0.3, -0.25) is 9.36 Å². The summed E-state index contributed by atoms with van der Waals surface area (Å²) in [6.07, 6.45) is 1.88. The summed E-state index contributed by atoms with van der Waals surface area (Å²) in [5.41, 5.74) is 3.83. The van der Waals surface area contributed by atoms with Crippen LogP contribution in [0.3, 0.4) is 0 Å². The summed E-state index contributed by atoms with van der Waals surface area (Å²) >= 11 is 2.83. The normalized spacial score (nSPS) is 16.9. The van der Waals surface area contributed by atoms with Crippen molar-refractivity contribution in [2.75, 3.05) is 7.11 Å². The van der Waals surface area contributed by atoms with E-state index in [1.165, 1.54) is 29.8 Å². The van der Waals surface area contributed by atoms with Crippen LogP contribution in [0, 0.1) is 13.8 Å². The van der Waals surface area contributed by atoms with E-state index in [1.807, 2.05) is 43.5 Å². The molecule has 1 aliphatic rings. The molecule has 0 aliphatic carbocycles. The highest BCUT2D eigenvalue weighted by atomic mass is 32.1. The number of aromatic amines is 1. The van der Waals surface area contributed by atoms with Crippen LogP contribution in [0.4, 0.5) is 0 Å². The van der Waals surface area contributed by atoms with Crippen molar-refractivity contribution in [2.24, 2.45) is 4.99 Å². The molecule has 3 aromatic rings. The quantitative estimate of drug-likeness (QED) is 0.670. The van der Waals surface area contributed by atoms with E-state index in [9.17, 15) is 9.59 Å². The molecule has 1 unspecified atom stereocenters. The van der Waals surface area contributed by atoms with Gasteiger partial charge < -0.3 is 9.72 Å². The van der Waals surface area contributed by atoms with Crippen LogP contribution in [-0.4, -0.2) is 22.6 Å². The average Bonchev–Trinajstić information content (AvgIpc) is 3.35. The van der Waals surface area contributed by atoms with Crippen LogP contribution in [0.1, 0.15) is 34.8 Å². The molecule has 28 heavy (non-hydrogen) atoms. The predicted molar refractivity (Wildman–Crippen MR) is 110 cm³/mol. The van der Waals surface area contributed by atoms with Crippen LogP contribution in [-0.2, 0) is 9.53 Å². The fourth-order valence-electron chi connectivity index (χ4n) is 3.45. The van der Waals surface area contributed by atoms with E-state index in [0.29, 0.717) is 20.6 Å². The number of carbonyl (C=O) groups is 1. The molecule has 1 atom stereocenters. The monoisotopic (exact) mass is 413 g/mol. The van der Waals surface area contributed by atoms with Gasteiger partial charge in [-0.05, 0) is 49.9 Å². The Morgan fingerprint density at radius 1 is 1.36 bits per heavy atom. The van der Waals surface area contributed by atoms with E-state index in [-0.39, 0.29) is 5.56 Å². The summed E-state index contributed by atoms with van der Waals surface area (Å²) in [7, 11) is 1.34. The van der Waals surface area contributed by atoms with E-state index in [0.717, 1.165) is 21.8 Å². The highest BCUT2D eigenvalue weighted by Gasteiger charge is 2.33. The molecule has 8 heteroatoms. The summed E-state index contributed by atoms with van der Waals surface area (Å²) in [5.74, 6) is -0.467. The lowest BCUT2D eigenvalue weighted by Crippen LogP contribution is -2.39. The molecule has 0 fully saturated rings. The number of carbonyl (C=O) groups excluding carboxylic acids is 1. The largest absolute Gasteiger partial charge is 0.466 e. The molecule has 3 aromatic heterocycles. The number of esters is 1. The summed E-state index contributed by atoms with van der Waals surface area (Å²) in [6.45, 7) is 5.74. The molecule has 6 nitrogen and oxygen atoms in total. The Labute approximate surface area is 169 Å². The maximum atomic E-state index is 13.3. The summed E-state index contributed by atoms with van der Waals surface area (Å²) in [5, 5.41) is 1.93. The van der Waals surface area contributed by atoms with Gasteiger partial charge in [-0.15, -0.1) is 11.3 Å². The molecule has 0 radical (unpaired) electrons. The number of H-pyrrole nitrogens is 1. The van der Waals surface area contributed by atoms with Crippen molar-refractivity contribution in [1.82, 2.24) is 9.55 Å². The second-order valence-electron chi connectivity index (χ2n) is 6.62. The first kappa shape index (κ1) is 18.6. The minimum Gasteiger partial charge on any atom is -0.466 e. The number of fused-ring (bicyclic) bond motifs is 1. The maximum absolute atomic E-state index is 13.3. The Kier molecular flexibility index (Phi) is 4.68. The van der Waals surface area contributed by atoms with Crippen molar-refractivity contribution in [2.45, 2.75) is 26.8 Å². The zero-order valence-corrected chi connectivity index (χ0v) is 17.5. The fraction of sp³-hybridized carbons (Fsp3) is 0.250. The van der Waals surface area contributed by atoms with Crippen molar-refractivity contribution in [3.05, 3.63) is 76.4 Å². The Hall–Kier alpha value is -2.71. The zero-order valence-electron chi connectivity index (χ0n) is 15.9. The summed E-state index contributed by atoms with van der Waals surface area (Å²) < 4.78 is 7.18. The molecular weight excluding hydrogens is 394 g/mol. The SMILES string of the molecule is COC(=O)C1=C(C)N=c2sc(=Cc3cc(C)[nH]c3C)c(=O)n2C1c1cccs1. The highest BCUT2D eigenvalue weighted by Crippen LogP contribution is 2.32. The molecule has 0 saturated carbocycles. The van der Waals surface area contributed by atoms with Crippen LogP contribution in [0.5, 0.6) is 0 Å². The van der Waals surface area contributed by atoms with E-state index >= 15 is 0 Å². The second-order valence-corrected chi connectivity index (χ2v) is 8.61. The van der Waals surface area contributed by atoms with Gasteiger partial charge in [0.25, 0.3) is 5.56 Å². The van der Waals surface area contributed by atoms with Crippen LogP contribution in [0.2, 0.25) is 0 Å². The van der Waals surface area contributed by atoms with Gasteiger partial charge in [0.05, 0.1) is 22.9 Å². The predicted octanol–water partition coefficient (Wildman–Crippen LogP) is 2.41. The van der Waals surface area contributed by atoms with Gasteiger partial charge in [-0.25, -0.2) is 9.79 Å². The third kappa shape index (κ3) is 2.98. The van der Waals surface area contributed by atoms with Crippen LogP contribution >= 0.6 is 22.7 Å². The lowest BCUT2D eigenvalue weighted by Gasteiger charge is -2.22. The van der Waals surface area contributed by atoms with Crippen molar-refractivity contribution in [3.63, 3.8) is 0 Å². The minimum atomic E-state index is -0.528. The van der Waals surface area contributed by atoms with E-state index in [2.05, 4.69) is 9.98 Å². The van der Waals surface area contributed by atoms with Gasteiger partial charge in [0.1, 0.15) is 6.04 Å². The number of rotatable bonds is 3. The minimum absolute atomic E-state index is 0.158. The van der Waals surface area contributed by atoms with Crippen LogP contribution in [0.25, 0.3) is 6.08 Å². The number of hydrogen-bond acceptors (Lipinski definition) is 6. The summed E-state index contributed by atoms with van der Waals surface area (Å²) in [4.78, 5) is 35.1. The number of nitrogens with one attached hydrogen (secondary N) is 1. The van der Waals surface area contributed by atoms with Gasteiger partial charge in [0, 0.05) is 16.3 Å². The molecule has 4 heterocycles. The summed E-state index contributed by atoms with van der Waals surface area (Å²) in [6, 6.07) is 5.31. The van der Waals surface area contributed by atoms with E-state index in [1.54, 1.807) is 11.5 Å². The zero-order chi connectivity index (χ0) is 20.0. The third-order valence-electron chi connectivity index (χ3n) is 4.72. The van der Waals surface area contributed by atoms with Gasteiger partial charge >= 0.3 is 5.97 Å². The maximum Gasteiger partial charge on any atom is 0.338 e. The molecule has 144 valence electrons. The Bertz CT molecular complexity index is 1270. The van der Waals surface area contributed by atoms with Crippen molar-refractivity contribution < 1.29 is 9.53 Å². The Morgan fingerprint density at radius 2 is 2.14 bits per heavy atom. The average molecular weight is 414 g/mol. The van der Waals surface area contributed by atoms with Crippen molar-refractivity contribution in [1.29, 1.82) is 0 Å². The van der Waals surface area contributed by atoms with Gasteiger partial charge in [0.2, 0.25) is 0 Å². The number of aryl methyl sites for hydroxylation is 2. The van der Waals surface area contributed by atoms with E-state index < -0.39 is 12.0 Å². The first-order valence-corrected chi connectivity index (χ1v) is 10.4. The molecule has 4 rings (SSSR count). The molecule has 0 amide bonds. The molecule has 0 spiro atoms. The van der Waals surface area contributed by atoms with Crippen LogP contribution < -0.4 is 14.9 Å². The number of methoxy groups -OCH3 is 1. The number of thiophene rings is 1. The first-order valence-electron chi connectivity index (χ1n) is 8.71. The lowest BCUT2D eigenvalue weighted by molar-refractivity contribution is -0.136. The lowest BCUT2D eigenvalue weighted by atomic mass is 10.0. The van der Waals surface area contributed by atoms with Crippen molar-refractivity contribution >= 4 is 34.7 Å². The molecule has 1 aliphatic heterocycles. The Balaban J connectivity index is 1.99. The number of thiazole rings is 1. The third-order valence-corrected chi connectivity index (χ3v) is 6.62. The van der Waals surface area contributed by atoms with Gasteiger partial charge in [-0.1, -0.05) is 17.4 Å². The number of aromatic nitrogens is 2. The van der Waals surface area contributed by atoms with E-state index in [4.69, 9.17) is 4.74 Å².